The number of hydrogen-bond acceptors (Lipinski definition) is 2. The predicted molar refractivity (Wildman–Crippen MR) is 92.9 cm³/mol. The molecule has 0 radical (unpaired) electrons. The molecule has 0 unspecified atom stereocenters. The van der Waals surface area contributed by atoms with Crippen LogP contribution in [0.15, 0.2) is 30.3 Å². The first-order valence-corrected chi connectivity index (χ1v) is 8.66. The quantitative estimate of drug-likeness (QED) is 0.634. The van der Waals surface area contributed by atoms with Crippen LogP contribution < -0.4 is 9.64 Å². The largest absolute Gasteiger partial charge is 0.451 e. The van der Waals surface area contributed by atoms with Crippen LogP contribution >= 0.6 is 0 Å². The van der Waals surface area contributed by atoms with Crippen LogP contribution in [0.4, 0.5) is 17.6 Å². The highest BCUT2D eigenvalue weighted by Crippen LogP contribution is 2.34. The molecule has 1 saturated heterocycles. The predicted octanol–water partition coefficient (Wildman–Crippen LogP) is 3.27. The van der Waals surface area contributed by atoms with E-state index in [4.69, 9.17) is 9.47 Å². The molecule has 3 rings (SSSR count). The summed E-state index contributed by atoms with van der Waals surface area (Å²) in [6.07, 6.45) is 2.57. The lowest BCUT2D eigenvalue weighted by molar-refractivity contribution is -0.902. The van der Waals surface area contributed by atoms with Crippen LogP contribution in [0, 0.1) is 30.2 Å². The van der Waals surface area contributed by atoms with E-state index in [1.807, 2.05) is 0 Å². The summed E-state index contributed by atoms with van der Waals surface area (Å²) in [5.41, 5.74) is -0.177. The van der Waals surface area contributed by atoms with Crippen molar-refractivity contribution in [3.63, 3.8) is 0 Å². The van der Waals surface area contributed by atoms with Crippen molar-refractivity contribution in [1.29, 1.82) is 0 Å². The Hall–Kier alpha value is -2.38. The van der Waals surface area contributed by atoms with Gasteiger partial charge in [0.25, 0.3) is 0 Å². The maximum Gasteiger partial charge on any atom is 0.205 e. The van der Waals surface area contributed by atoms with Crippen molar-refractivity contribution in [2.75, 3.05) is 32.8 Å². The number of para-hydroxylation sites is 1. The number of halogens is 4. The van der Waals surface area contributed by atoms with E-state index in [1.54, 1.807) is 25.1 Å². The number of hydrogen-bond donors (Lipinski definition) is 1. The minimum atomic E-state index is -1.56. The third kappa shape index (κ3) is 4.31. The molecule has 0 saturated carbocycles. The maximum absolute atomic E-state index is 14.3. The van der Waals surface area contributed by atoms with E-state index in [1.165, 1.54) is 17.0 Å². The van der Waals surface area contributed by atoms with E-state index in [0.717, 1.165) is 19.2 Å². The van der Waals surface area contributed by atoms with Gasteiger partial charge in [0, 0.05) is 0 Å². The molecule has 0 aromatic heterocycles. The molecule has 0 bridgehead atoms. The van der Waals surface area contributed by atoms with Crippen LogP contribution in [-0.2, 0) is 4.74 Å². The third-order valence-electron chi connectivity index (χ3n) is 4.45. The maximum atomic E-state index is 14.3. The Morgan fingerprint density at radius 1 is 1.00 bits per heavy atom. The van der Waals surface area contributed by atoms with Crippen molar-refractivity contribution < 1.29 is 31.9 Å². The van der Waals surface area contributed by atoms with Gasteiger partial charge in [-0.2, -0.15) is 8.78 Å². The molecular formula is C20H20F4NO2+. The molecule has 3 nitrogen and oxygen atoms in total. The average Bonchev–Trinajstić information content (AvgIpc) is 2.68. The number of rotatable bonds is 5. The van der Waals surface area contributed by atoms with E-state index < -0.39 is 34.6 Å². The minimum Gasteiger partial charge on any atom is -0.451 e. The van der Waals surface area contributed by atoms with E-state index in [0.29, 0.717) is 25.3 Å². The van der Waals surface area contributed by atoms with E-state index >= 15 is 0 Å². The second-order valence-electron chi connectivity index (χ2n) is 6.34. The number of ether oxygens (including phenoxy) is 2. The Labute approximate surface area is 154 Å². The van der Waals surface area contributed by atoms with Gasteiger partial charge in [-0.3, -0.25) is 0 Å². The highest BCUT2D eigenvalue weighted by atomic mass is 19.2. The smallest absolute Gasteiger partial charge is 0.205 e. The summed E-state index contributed by atoms with van der Waals surface area (Å²) in [4.78, 5) is 1.17. The summed E-state index contributed by atoms with van der Waals surface area (Å²) < 4.78 is 67.7. The SMILES string of the molecule is Cc1ccccc1Oc1c(F)c(F)c(/C=C/C[NH+]2CCOCC2)c(F)c1F. The monoisotopic (exact) mass is 382 g/mol. The highest BCUT2D eigenvalue weighted by Gasteiger charge is 2.26. The zero-order valence-corrected chi connectivity index (χ0v) is 14.8. The van der Waals surface area contributed by atoms with Crippen molar-refractivity contribution in [1.82, 2.24) is 0 Å². The Morgan fingerprint density at radius 2 is 1.63 bits per heavy atom. The molecule has 27 heavy (non-hydrogen) atoms. The molecule has 144 valence electrons. The van der Waals surface area contributed by atoms with Crippen LogP contribution in [0.25, 0.3) is 6.08 Å². The third-order valence-corrected chi connectivity index (χ3v) is 4.45. The molecule has 1 aliphatic rings. The first-order valence-electron chi connectivity index (χ1n) is 8.66. The summed E-state index contributed by atoms with van der Waals surface area (Å²) in [6, 6.07) is 6.42. The standard InChI is InChI=1S/C20H19F4NO2/c1-13-5-2-3-7-15(13)27-20-18(23)16(21)14(17(22)19(20)24)6-4-8-25-9-11-26-12-10-25/h2-7H,8-12H2,1H3/p+1/b6-4+. The molecule has 0 aliphatic carbocycles. The molecule has 1 heterocycles. The van der Waals surface area contributed by atoms with Gasteiger partial charge in [0.15, 0.2) is 11.6 Å². The first-order chi connectivity index (χ1) is 13.0. The van der Waals surface area contributed by atoms with Gasteiger partial charge < -0.3 is 14.4 Å². The molecule has 1 N–H and O–H groups in total. The second-order valence-corrected chi connectivity index (χ2v) is 6.34. The summed E-state index contributed by atoms with van der Waals surface area (Å²) >= 11 is 0. The van der Waals surface area contributed by atoms with Crippen molar-refractivity contribution in [2.24, 2.45) is 0 Å². The molecule has 0 spiro atoms. The Bertz CT molecular complexity index is 819. The topological polar surface area (TPSA) is 22.9 Å². The van der Waals surface area contributed by atoms with Gasteiger partial charge in [-0.15, -0.1) is 0 Å². The lowest BCUT2D eigenvalue weighted by Gasteiger charge is -2.22. The summed E-state index contributed by atoms with van der Waals surface area (Å²) in [5, 5.41) is 0. The second kappa shape index (κ2) is 8.54. The van der Waals surface area contributed by atoms with Gasteiger partial charge in [0.1, 0.15) is 18.8 Å². The van der Waals surface area contributed by atoms with Crippen LogP contribution in [0.3, 0.4) is 0 Å². The van der Waals surface area contributed by atoms with Gasteiger partial charge in [0.2, 0.25) is 17.4 Å². The number of benzene rings is 2. The number of quaternary nitrogens is 1. The van der Waals surface area contributed by atoms with Gasteiger partial charge >= 0.3 is 0 Å². The molecule has 7 heteroatoms. The van der Waals surface area contributed by atoms with Gasteiger partial charge in [0.05, 0.1) is 25.3 Å². The van der Waals surface area contributed by atoms with Crippen molar-refractivity contribution in [2.45, 2.75) is 6.92 Å². The van der Waals surface area contributed by atoms with Crippen LogP contribution in [-0.4, -0.2) is 32.8 Å². The number of nitrogens with one attached hydrogen (secondary N) is 1. The fraction of sp³-hybridized carbons (Fsp3) is 0.300. The highest BCUT2D eigenvalue weighted by molar-refractivity contribution is 5.54. The van der Waals surface area contributed by atoms with Crippen LogP contribution in [0.2, 0.25) is 0 Å². The molecule has 2 aromatic rings. The van der Waals surface area contributed by atoms with Crippen LogP contribution in [0.1, 0.15) is 11.1 Å². The zero-order valence-electron chi connectivity index (χ0n) is 14.8. The molecule has 1 fully saturated rings. The molecule has 1 aliphatic heterocycles. The fourth-order valence-corrected chi connectivity index (χ4v) is 2.85. The molecule has 0 amide bonds. The summed E-state index contributed by atoms with van der Waals surface area (Å²) in [6.45, 7) is 4.89. The van der Waals surface area contributed by atoms with Crippen molar-refractivity contribution >= 4 is 6.08 Å². The number of morpholine rings is 1. The first kappa shape index (κ1) is 19.4. The van der Waals surface area contributed by atoms with E-state index in [9.17, 15) is 17.6 Å². The summed E-state index contributed by atoms with van der Waals surface area (Å²) in [5.74, 6) is -7.05. The normalized spacial score (nSPS) is 15.4. The Morgan fingerprint density at radius 3 is 2.26 bits per heavy atom. The fourth-order valence-electron chi connectivity index (χ4n) is 2.85. The minimum absolute atomic E-state index is 0.119. The number of aryl methyl sites for hydroxylation is 1. The summed E-state index contributed by atoms with van der Waals surface area (Å²) in [7, 11) is 0. The van der Waals surface area contributed by atoms with E-state index in [2.05, 4.69) is 0 Å². The van der Waals surface area contributed by atoms with Gasteiger partial charge in [-0.25, -0.2) is 8.78 Å². The molecule has 2 aromatic carbocycles. The van der Waals surface area contributed by atoms with E-state index in [-0.39, 0.29) is 5.75 Å². The molecule has 0 atom stereocenters. The van der Waals surface area contributed by atoms with Crippen LogP contribution in [0.5, 0.6) is 11.5 Å². The Kier molecular flexibility index (Phi) is 6.13. The Balaban J connectivity index is 1.85. The average molecular weight is 382 g/mol. The lowest BCUT2D eigenvalue weighted by Crippen LogP contribution is -3.13. The molecular weight excluding hydrogens is 362 g/mol. The van der Waals surface area contributed by atoms with Gasteiger partial charge in [-0.1, -0.05) is 18.2 Å². The van der Waals surface area contributed by atoms with Crippen molar-refractivity contribution in [3.8, 4) is 11.5 Å². The zero-order chi connectivity index (χ0) is 19.4. The van der Waals surface area contributed by atoms with Gasteiger partial charge in [-0.05, 0) is 30.7 Å². The van der Waals surface area contributed by atoms with Crippen molar-refractivity contribution in [3.05, 3.63) is 64.7 Å². The lowest BCUT2D eigenvalue weighted by atomic mass is 10.1.